The summed E-state index contributed by atoms with van der Waals surface area (Å²) in [5, 5.41) is 11.4. The Morgan fingerprint density at radius 1 is 1.36 bits per heavy atom. The summed E-state index contributed by atoms with van der Waals surface area (Å²) in [6, 6.07) is 6.19. The topological polar surface area (TPSA) is 53.1 Å². The first-order chi connectivity index (χ1) is 10.7. The third-order valence-corrected chi connectivity index (χ3v) is 4.66. The van der Waals surface area contributed by atoms with E-state index in [1.165, 1.54) is 6.42 Å². The zero-order valence-corrected chi connectivity index (χ0v) is 13.6. The molecule has 2 aromatic rings. The molecule has 1 aliphatic heterocycles. The number of nitriles is 1. The van der Waals surface area contributed by atoms with E-state index in [2.05, 4.69) is 29.8 Å². The number of piperidine rings is 1. The van der Waals surface area contributed by atoms with Gasteiger partial charge in [0, 0.05) is 24.0 Å². The molecule has 0 saturated carbocycles. The van der Waals surface area contributed by atoms with E-state index in [0.717, 1.165) is 18.0 Å². The van der Waals surface area contributed by atoms with E-state index < -0.39 is 0 Å². The first kappa shape index (κ1) is 14.9. The van der Waals surface area contributed by atoms with Crippen molar-refractivity contribution in [1.29, 1.82) is 5.26 Å². The lowest BCUT2D eigenvalue weighted by atomic mass is 9.92. The second-order valence-corrected chi connectivity index (χ2v) is 7.00. The lowest BCUT2D eigenvalue weighted by Crippen LogP contribution is -2.38. The molecule has 114 valence electrons. The van der Waals surface area contributed by atoms with Gasteiger partial charge in [-0.15, -0.1) is 11.3 Å². The largest absolute Gasteiger partial charge is 0.420 e. The lowest BCUT2D eigenvalue weighted by molar-refractivity contribution is 0.342. The molecule has 22 heavy (non-hydrogen) atoms. The Labute approximate surface area is 134 Å². The Balaban J connectivity index is 1.84. The van der Waals surface area contributed by atoms with Gasteiger partial charge in [-0.3, -0.25) is 0 Å². The molecule has 5 heteroatoms. The Hall–Kier alpha value is -2.06. The number of oxazole rings is 1. The average molecular weight is 313 g/mol. The summed E-state index contributed by atoms with van der Waals surface area (Å²) >= 11 is 1.66. The molecule has 2 atom stereocenters. The van der Waals surface area contributed by atoms with Crippen molar-refractivity contribution in [3.05, 3.63) is 34.0 Å². The predicted octanol–water partition coefficient (Wildman–Crippen LogP) is 4.26. The van der Waals surface area contributed by atoms with E-state index in [4.69, 9.17) is 4.42 Å². The number of nitrogens with zero attached hydrogens (tertiary/aromatic N) is 3. The van der Waals surface area contributed by atoms with Crippen molar-refractivity contribution in [3.63, 3.8) is 0 Å². The highest BCUT2D eigenvalue weighted by molar-refractivity contribution is 7.10. The summed E-state index contributed by atoms with van der Waals surface area (Å²) in [4.78, 5) is 7.60. The molecule has 3 heterocycles. The maximum absolute atomic E-state index is 9.33. The Morgan fingerprint density at radius 2 is 2.14 bits per heavy atom. The van der Waals surface area contributed by atoms with Gasteiger partial charge in [-0.25, -0.2) is 0 Å². The second kappa shape index (κ2) is 6.37. The van der Waals surface area contributed by atoms with Gasteiger partial charge >= 0.3 is 0 Å². The zero-order chi connectivity index (χ0) is 15.5. The maximum Gasteiger partial charge on any atom is 0.235 e. The van der Waals surface area contributed by atoms with Gasteiger partial charge in [-0.2, -0.15) is 10.2 Å². The molecule has 2 aromatic heterocycles. The molecule has 2 unspecified atom stereocenters. The molecule has 0 radical (unpaired) electrons. The van der Waals surface area contributed by atoms with Crippen LogP contribution in [-0.4, -0.2) is 18.1 Å². The number of rotatable bonds is 3. The SMILES string of the molecule is CC1CC(C)CN(c2oc(C=Cc3cccs3)nc2C#N)C1. The smallest absolute Gasteiger partial charge is 0.235 e. The minimum atomic E-state index is 0.382. The summed E-state index contributed by atoms with van der Waals surface area (Å²) in [7, 11) is 0. The maximum atomic E-state index is 9.33. The number of aromatic nitrogens is 1. The van der Waals surface area contributed by atoms with Crippen LogP contribution in [0.4, 0.5) is 5.88 Å². The van der Waals surface area contributed by atoms with Crippen molar-refractivity contribution in [1.82, 2.24) is 4.98 Å². The number of anilines is 1. The third-order valence-electron chi connectivity index (χ3n) is 3.82. The van der Waals surface area contributed by atoms with Crippen LogP contribution in [0.3, 0.4) is 0 Å². The second-order valence-electron chi connectivity index (χ2n) is 6.02. The van der Waals surface area contributed by atoms with Gasteiger partial charge in [0.15, 0.2) is 0 Å². The lowest BCUT2D eigenvalue weighted by Gasteiger charge is -2.34. The monoisotopic (exact) mass is 313 g/mol. The van der Waals surface area contributed by atoms with Crippen molar-refractivity contribution >= 4 is 29.4 Å². The van der Waals surface area contributed by atoms with E-state index in [1.54, 1.807) is 11.3 Å². The van der Waals surface area contributed by atoms with Crippen LogP contribution in [0, 0.1) is 23.2 Å². The fourth-order valence-electron chi connectivity index (χ4n) is 3.05. The number of thiophene rings is 1. The first-order valence-corrected chi connectivity index (χ1v) is 8.41. The Morgan fingerprint density at radius 3 is 2.77 bits per heavy atom. The van der Waals surface area contributed by atoms with Gasteiger partial charge < -0.3 is 9.32 Å². The van der Waals surface area contributed by atoms with Crippen LogP contribution in [0.2, 0.25) is 0 Å². The van der Waals surface area contributed by atoms with Crippen LogP contribution in [0.1, 0.15) is 36.7 Å². The summed E-state index contributed by atoms with van der Waals surface area (Å²) in [6.45, 7) is 6.32. The average Bonchev–Trinajstić information content (AvgIpc) is 3.13. The molecule has 3 rings (SSSR count). The third kappa shape index (κ3) is 3.23. The van der Waals surface area contributed by atoms with Gasteiger partial charge in [0.2, 0.25) is 17.5 Å². The standard InChI is InChI=1S/C17H19N3OS/c1-12-8-13(2)11-20(10-12)17-15(9-18)19-16(21-17)6-5-14-4-3-7-22-14/h3-7,12-13H,8,10-11H2,1-2H3. The van der Waals surface area contributed by atoms with Crippen molar-refractivity contribution in [3.8, 4) is 6.07 Å². The van der Waals surface area contributed by atoms with Crippen molar-refractivity contribution in [2.24, 2.45) is 11.8 Å². The highest BCUT2D eigenvalue weighted by Gasteiger charge is 2.27. The van der Waals surface area contributed by atoms with Crippen LogP contribution in [0.5, 0.6) is 0 Å². The normalized spacial score (nSPS) is 22.1. The highest BCUT2D eigenvalue weighted by Crippen LogP contribution is 2.29. The fraction of sp³-hybridized carbons (Fsp3) is 0.412. The van der Waals surface area contributed by atoms with Crippen molar-refractivity contribution in [2.45, 2.75) is 20.3 Å². The van der Waals surface area contributed by atoms with E-state index in [-0.39, 0.29) is 0 Å². The van der Waals surface area contributed by atoms with Crippen molar-refractivity contribution < 1.29 is 4.42 Å². The Kier molecular flexibility index (Phi) is 4.30. The summed E-state index contributed by atoms with van der Waals surface area (Å²) < 4.78 is 5.85. The first-order valence-electron chi connectivity index (χ1n) is 7.53. The molecule has 1 aliphatic rings. The van der Waals surface area contributed by atoms with Crippen molar-refractivity contribution in [2.75, 3.05) is 18.0 Å². The number of hydrogen-bond donors (Lipinski definition) is 0. The molecular weight excluding hydrogens is 294 g/mol. The van der Waals surface area contributed by atoms with Gasteiger partial charge in [0.05, 0.1) is 0 Å². The Bertz CT molecular complexity index is 686. The van der Waals surface area contributed by atoms with Crippen LogP contribution in [-0.2, 0) is 0 Å². The molecule has 1 fully saturated rings. The van der Waals surface area contributed by atoms with Crippen LogP contribution >= 0.6 is 11.3 Å². The summed E-state index contributed by atoms with van der Waals surface area (Å²) in [5.74, 6) is 2.31. The molecule has 4 nitrogen and oxygen atoms in total. The van der Waals surface area contributed by atoms with E-state index in [0.29, 0.717) is 29.3 Å². The van der Waals surface area contributed by atoms with E-state index in [9.17, 15) is 5.26 Å². The molecule has 0 aliphatic carbocycles. The molecule has 0 bridgehead atoms. The minimum absolute atomic E-state index is 0.382. The summed E-state index contributed by atoms with van der Waals surface area (Å²) in [5.41, 5.74) is 0.382. The fourth-order valence-corrected chi connectivity index (χ4v) is 3.67. The molecule has 0 amide bonds. The quantitative estimate of drug-likeness (QED) is 0.849. The predicted molar refractivity (Wildman–Crippen MR) is 89.6 cm³/mol. The van der Waals surface area contributed by atoms with Gasteiger partial charge in [-0.1, -0.05) is 19.9 Å². The van der Waals surface area contributed by atoms with Gasteiger partial charge in [0.25, 0.3) is 0 Å². The molecule has 0 N–H and O–H groups in total. The molecular formula is C17H19N3OS. The van der Waals surface area contributed by atoms with E-state index in [1.807, 2.05) is 29.7 Å². The molecule has 0 aromatic carbocycles. The highest BCUT2D eigenvalue weighted by atomic mass is 32.1. The van der Waals surface area contributed by atoms with Gasteiger partial charge in [-0.05, 0) is 35.8 Å². The molecule has 1 saturated heterocycles. The number of hydrogen-bond acceptors (Lipinski definition) is 5. The van der Waals surface area contributed by atoms with E-state index >= 15 is 0 Å². The summed E-state index contributed by atoms with van der Waals surface area (Å²) in [6.07, 6.45) is 5.01. The van der Waals surface area contributed by atoms with Gasteiger partial charge in [0.1, 0.15) is 6.07 Å². The minimum Gasteiger partial charge on any atom is -0.420 e. The molecule has 0 spiro atoms. The van der Waals surface area contributed by atoms with Crippen LogP contribution < -0.4 is 4.90 Å². The zero-order valence-electron chi connectivity index (χ0n) is 12.8. The van der Waals surface area contributed by atoms with Crippen LogP contribution in [0.25, 0.3) is 12.2 Å². The van der Waals surface area contributed by atoms with Crippen LogP contribution in [0.15, 0.2) is 21.9 Å².